The topological polar surface area (TPSA) is 138 Å². The van der Waals surface area contributed by atoms with Gasteiger partial charge in [0.2, 0.25) is 5.91 Å². The predicted molar refractivity (Wildman–Crippen MR) is 204 cm³/mol. The minimum absolute atomic E-state index is 0.0417. The van der Waals surface area contributed by atoms with Crippen LogP contribution in [-0.4, -0.2) is 91.0 Å². The van der Waals surface area contributed by atoms with Crippen molar-refractivity contribution in [1.29, 1.82) is 0 Å². The summed E-state index contributed by atoms with van der Waals surface area (Å²) in [5.41, 5.74) is 7.37. The van der Waals surface area contributed by atoms with Crippen molar-refractivity contribution in [3.63, 3.8) is 0 Å². The number of carbonyl (C=O) groups is 3. The van der Waals surface area contributed by atoms with E-state index in [2.05, 4.69) is 25.9 Å². The SMILES string of the molecule is CC[Si](CC)(CC)O[C@@H](CN(CCOc1ccc2c(CCC(=O)N(C)C)nn(C(=O)OC(C)(C)C)c2c1)C(=O)OC(C)(C)C)c1cccc(N)c1. The number of carbonyl (C=O) groups excluding carboxylic acids is 3. The maximum Gasteiger partial charge on any atom is 0.435 e. The number of nitrogens with zero attached hydrogens (tertiary/aromatic N) is 4. The molecule has 0 aliphatic rings. The molecule has 1 atom stereocenters. The van der Waals surface area contributed by atoms with Gasteiger partial charge in [0.15, 0.2) is 8.32 Å². The first kappa shape index (κ1) is 41.3. The second-order valence-corrected chi connectivity index (χ2v) is 19.8. The van der Waals surface area contributed by atoms with E-state index in [4.69, 9.17) is 24.4 Å². The number of benzene rings is 2. The molecule has 3 rings (SSSR count). The van der Waals surface area contributed by atoms with Crippen LogP contribution < -0.4 is 10.5 Å². The van der Waals surface area contributed by atoms with Crippen LogP contribution in [0.3, 0.4) is 0 Å². The van der Waals surface area contributed by atoms with Crippen LogP contribution in [0.5, 0.6) is 5.75 Å². The maximum atomic E-state index is 13.7. The van der Waals surface area contributed by atoms with Crippen molar-refractivity contribution in [2.75, 3.05) is 39.5 Å². The Bertz CT molecular complexity index is 1630. The van der Waals surface area contributed by atoms with Crippen molar-refractivity contribution in [1.82, 2.24) is 19.6 Å². The van der Waals surface area contributed by atoms with E-state index in [0.29, 0.717) is 34.5 Å². The number of hydrogen-bond acceptors (Lipinski definition) is 9. The van der Waals surface area contributed by atoms with Gasteiger partial charge in [0.25, 0.3) is 0 Å². The summed E-state index contributed by atoms with van der Waals surface area (Å²) in [6.45, 7) is 18.0. The summed E-state index contributed by atoms with van der Waals surface area (Å²) in [7, 11) is 1.30. The molecule has 282 valence electrons. The first-order chi connectivity index (χ1) is 23.8. The monoisotopic (exact) mass is 725 g/mol. The lowest BCUT2D eigenvalue weighted by Gasteiger charge is -2.36. The van der Waals surface area contributed by atoms with E-state index in [-0.39, 0.29) is 32.0 Å². The minimum atomic E-state index is -2.10. The highest BCUT2D eigenvalue weighted by molar-refractivity contribution is 6.73. The lowest BCUT2D eigenvalue weighted by atomic mass is 10.1. The van der Waals surface area contributed by atoms with E-state index >= 15 is 0 Å². The molecule has 0 spiro atoms. The number of anilines is 1. The Morgan fingerprint density at radius 3 is 2.14 bits per heavy atom. The smallest absolute Gasteiger partial charge is 0.435 e. The van der Waals surface area contributed by atoms with Crippen molar-refractivity contribution < 1.29 is 33.0 Å². The normalized spacial score (nSPS) is 12.8. The van der Waals surface area contributed by atoms with Crippen LogP contribution in [0.4, 0.5) is 15.3 Å². The Hall–Kier alpha value is -4.10. The lowest BCUT2D eigenvalue weighted by molar-refractivity contribution is -0.128. The third-order valence-electron chi connectivity index (χ3n) is 8.65. The van der Waals surface area contributed by atoms with E-state index in [1.807, 2.05) is 51.1 Å². The molecule has 2 amide bonds. The molecule has 51 heavy (non-hydrogen) atoms. The Morgan fingerprint density at radius 1 is 0.922 bits per heavy atom. The van der Waals surface area contributed by atoms with Crippen LogP contribution in [-0.2, 0) is 25.1 Å². The second kappa shape index (κ2) is 17.4. The van der Waals surface area contributed by atoms with Gasteiger partial charge >= 0.3 is 12.2 Å². The molecule has 0 bridgehead atoms. The Labute approximate surface area is 304 Å². The lowest BCUT2D eigenvalue weighted by Crippen LogP contribution is -2.45. The molecule has 1 aromatic heterocycles. The van der Waals surface area contributed by atoms with E-state index in [9.17, 15) is 14.4 Å². The van der Waals surface area contributed by atoms with Gasteiger partial charge in [-0.25, -0.2) is 9.59 Å². The van der Waals surface area contributed by atoms with Crippen LogP contribution in [0.1, 0.15) is 86.1 Å². The second-order valence-electron chi connectivity index (χ2n) is 15.1. The van der Waals surface area contributed by atoms with E-state index in [1.54, 1.807) is 51.9 Å². The fourth-order valence-corrected chi connectivity index (χ4v) is 8.47. The van der Waals surface area contributed by atoms with Gasteiger partial charge in [0, 0.05) is 44.1 Å². The molecule has 0 aliphatic heterocycles. The standard InChI is InChI=1S/C38H59N5O7Si/c1-12-51(13-2,14-3)50-33(27-16-15-17-28(39)24-27)26-42(35(45)48-37(4,5)6)22-23-47-29-18-19-30-31(20-21-34(44)41(10)11)40-43(32(30)25-29)36(46)49-38(7,8)9/h15-19,24-25,33H,12-14,20-23,26,39H2,1-11H3/t33-/m0/s1. The third-order valence-corrected chi connectivity index (χ3v) is 13.3. The Morgan fingerprint density at radius 2 is 1.57 bits per heavy atom. The number of aromatic nitrogens is 2. The predicted octanol–water partition coefficient (Wildman–Crippen LogP) is 7.80. The van der Waals surface area contributed by atoms with Crippen LogP contribution in [0, 0.1) is 0 Å². The molecule has 2 N–H and O–H groups in total. The maximum absolute atomic E-state index is 13.7. The molecule has 2 aromatic carbocycles. The molecule has 0 saturated carbocycles. The molecular weight excluding hydrogens is 667 g/mol. The fraction of sp³-hybridized carbons (Fsp3) is 0.579. The first-order valence-corrected chi connectivity index (χ1v) is 20.4. The third kappa shape index (κ3) is 12.0. The molecular formula is C38H59N5O7Si. The van der Waals surface area contributed by atoms with Crippen LogP contribution in [0.15, 0.2) is 42.5 Å². The summed E-state index contributed by atoms with van der Waals surface area (Å²) in [6.07, 6.45) is -0.932. The summed E-state index contributed by atoms with van der Waals surface area (Å²) >= 11 is 0. The van der Waals surface area contributed by atoms with Gasteiger partial charge in [-0.2, -0.15) is 9.78 Å². The summed E-state index contributed by atoms with van der Waals surface area (Å²) in [5, 5.41) is 5.27. The molecule has 0 aliphatic carbocycles. The largest absolute Gasteiger partial charge is 0.492 e. The van der Waals surface area contributed by atoms with Gasteiger partial charge in [-0.3, -0.25) is 4.79 Å². The van der Waals surface area contributed by atoms with Crippen molar-refractivity contribution >= 4 is 43.0 Å². The zero-order valence-corrected chi connectivity index (χ0v) is 33.5. The molecule has 3 aromatic rings. The molecule has 0 radical (unpaired) electrons. The Balaban J connectivity index is 1.93. The number of rotatable bonds is 15. The summed E-state index contributed by atoms with van der Waals surface area (Å²) in [4.78, 5) is 42.4. The number of aryl methyl sites for hydroxylation is 1. The van der Waals surface area contributed by atoms with Crippen molar-refractivity contribution in [3.05, 3.63) is 53.7 Å². The summed E-state index contributed by atoms with van der Waals surface area (Å²) in [6, 6.07) is 15.8. The van der Waals surface area contributed by atoms with E-state index < -0.39 is 37.8 Å². The van der Waals surface area contributed by atoms with Gasteiger partial charge in [-0.15, -0.1) is 0 Å². The van der Waals surface area contributed by atoms with E-state index in [1.165, 1.54) is 9.58 Å². The number of amides is 2. The van der Waals surface area contributed by atoms with Gasteiger partial charge in [-0.1, -0.05) is 32.9 Å². The zero-order valence-electron chi connectivity index (χ0n) is 32.5. The molecule has 1 heterocycles. The molecule has 0 unspecified atom stereocenters. The van der Waals surface area contributed by atoms with Gasteiger partial charge in [0.1, 0.15) is 23.6 Å². The van der Waals surface area contributed by atoms with E-state index in [0.717, 1.165) is 23.7 Å². The summed E-state index contributed by atoms with van der Waals surface area (Å²) < 4.78 is 25.9. The average molecular weight is 726 g/mol. The van der Waals surface area contributed by atoms with Crippen LogP contribution >= 0.6 is 0 Å². The van der Waals surface area contributed by atoms with Crippen LogP contribution in [0.2, 0.25) is 18.1 Å². The number of nitrogen functional groups attached to an aromatic ring is 1. The van der Waals surface area contributed by atoms with Crippen molar-refractivity contribution in [2.24, 2.45) is 0 Å². The number of hydrogen-bond donors (Lipinski definition) is 1. The van der Waals surface area contributed by atoms with Crippen molar-refractivity contribution in [2.45, 2.75) is 111 Å². The number of ether oxygens (including phenoxy) is 3. The quantitative estimate of drug-likeness (QED) is 0.123. The highest BCUT2D eigenvalue weighted by Crippen LogP contribution is 2.32. The molecule has 0 saturated heterocycles. The van der Waals surface area contributed by atoms with Gasteiger partial charge in [0.05, 0.1) is 30.4 Å². The van der Waals surface area contributed by atoms with Crippen LogP contribution in [0.25, 0.3) is 10.9 Å². The van der Waals surface area contributed by atoms with Gasteiger partial charge in [-0.05, 0) is 89.5 Å². The first-order valence-electron chi connectivity index (χ1n) is 17.9. The zero-order chi connectivity index (χ0) is 38.1. The Kier molecular flexibility index (Phi) is 14.1. The fourth-order valence-electron chi connectivity index (χ4n) is 5.66. The summed E-state index contributed by atoms with van der Waals surface area (Å²) in [5.74, 6) is 0.435. The number of nitrogens with two attached hydrogens (primary N) is 1. The number of fused-ring (bicyclic) bond motifs is 1. The van der Waals surface area contributed by atoms with Crippen molar-refractivity contribution in [3.8, 4) is 5.75 Å². The average Bonchev–Trinajstić information content (AvgIpc) is 3.41. The minimum Gasteiger partial charge on any atom is -0.492 e. The van der Waals surface area contributed by atoms with Gasteiger partial charge < -0.3 is 34.2 Å². The molecule has 13 heteroatoms. The highest BCUT2D eigenvalue weighted by atomic mass is 28.4. The molecule has 12 nitrogen and oxygen atoms in total. The highest BCUT2D eigenvalue weighted by Gasteiger charge is 2.35. The molecule has 0 fully saturated rings.